The van der Waals surface area contributed by atoms with Gasteiger partial charge in [0.25, 0.3) is 5.89 Å². The largest absolute Gasteiger partial charge is 0.342 e. The summed E-state index contributed by atoms with van der Waals surface area (Å²) in [5, 5.41) is 13.2. The molecular formula is C20H21ClN6O2. The minimum absolute atomic E-state index is 0.142. The lowest BCUT2D eigenvalue weighted by Crippen LogP contribution is -2.40. The highest BCUT2D eigenvalue weighted by atomic mass is 35.5. The van der Waals surface area contributed by atoms with Crippen LogP contribution in [0.4, 0.5) is 0 Å². The van der Waals surface area contributed by atoms with Crippen molar-refractivity contribution in [2.45, 2.75) is 44.1 Å². The van der Waals surface area contributed by atoms with E-state index < -0.39 is 0 Å². The predicted octanol–water partition coefficient (Wildman–Crippen LogP) is 3.27. The van der Waals surface area contributed by atoms with E-state index in [9.17, 15) is 4.79 Å². The van der Waals surface area contributed by atoms with Crippen LogP contribution in [0, 0.1) is 0 Å². The summed E-state index contributed by atoms with van der Waals surface area (Å²) in [4.78, 5) is 18.9. The van der Waals surface area contributed by atoms with Gasteiger partial charge in [0.05, 0.1) is 18.7 Å². The van der Waals surface area contributed by atoms with Crippen molar-refractivity contribution in [2.24, 2.45) is 0 Å². The molecule has 29 heavy (non-hydrogen) atoms. The maximum Gasteiger partial charge on any atom is 0.280 e. The first-order chi connectivity index (χ1) is 14.2. The SMILES string of the molecule is O=C(Cc1ccc(Cl)cc1)N1CCC(n2cc(-c3nc(C4CC4)no3)nn2)CC1. The molecule has 9 heteroatoms. The number of aromatic nitrogens is 5. The van der Waals surface area contributed by atoms with Gasteiger partial charge in [-0.15, -0.1) is 5.10 Å². The number of halogens is 1. The summed E-state index contributed by atoms with van der Waals surface area (Å²) >= 11 is 5.91. The van der Waals surface area contributed by atoms with Crippen LogP contribution in [0.1, 0.15) is 49.0 Å². The molecular weight excluding hydrogens is 392 g/mol. The Kier molecular flexibility index (Phi) is 4.79. The molecule has 0 radical (unpaired) electrons. The van der Waals surface area contributed by atoms with E-state index in [1.807, 2.05) is 40.0 Å². The summed E-state index contributed by atoms with van der Waals surface area (Å²) in [6.45, 7) is 1.41. The second kappa shape index (κ2) is 7.59. The van der Waals surface area contributed by atoms with Crippen LogP contribution >= 0.6 is 11.6 Å². The number of likely N-dealkylation sites (tertiary alicyclic amines) is 1. The molecule has 1 saturated carbocycles. The van der Waals surface area contributed by atoms with Crippen LogP contribution in [0.5, 0.6) is 0 Å². The Balaban J connectivity index is 1.18. The molecule has 0 unspecified atom stereocenters. The molecule has 2 aromatic heterocycles. The number of carbonyl (C=O) groups excluding carboxylic acids is 1. The van der Waals surface area contributed by atoms with Crippen molar-refractivity contribution >= 4 is 17.5 Å². The summed E-state index contributed by atoms with van der Waals surface area (Å²) in [7, 11) is 0. The van der Waals surface area contributed by atoms with E-state index in [4.69, 9.17) is 16.1 Å². The Bertz CT molecular complexity index is 1000. The zero-order valence-electron chi connectivity index (χ0n) is 15.9. The van der Waals surface area contributed by atoms with E-state index >= 15 is 0 Å². The summed E-state index contributed by atoms with van der Waals surface area (Å²) in [5.74, 6) is 1.77. The average molecular weight is 413 g/mol. The number of nitrogens with zero attached hydrogens (tertiary/aromatic N) is 6. The molecule has 3 heterocycles. The van der Waals surface area contributed by atoms with E-state index in [1.54, 1.807) is 0 Å². The standard InChI is InChI=1S/C20H21ClN6O2/c21-15-5-1-13(2-6-15)11-18(28)26-9-7-16(8-10-26)27-12-17(23-25-27)20-22-19(24-29-20)14-3-4-14/h1-2,5-6,12,14,16H,3-4,7-11H2. The van der Waals surface area contributed by atoms with Crippen LogP contribution in [0.2, 0.25) is 5.02 Å². The van der Waals surface area contributed by atoms with Gasteiger partial charge in [0.2, 0.25) is 5.91 Å². The second-order valence-corrected chi connectivity index (χ2v) is 8.17. The van der Waals surface area contributed by atoms with Gasteiger partial charge in [-0.3, -0.25) is 4.79 Å². The van der Waals surface area contributed by atoms with Gasteiger partial charge in [-0.1, -0.05) is 34.1 Å². The fraction of sp³-hybridized carbons (Fsp3) is 0.450. The van der Waals surface area contributed by atoms with Crippen LogP contribution in [-0.2, 0) is 11.2 Å². The Labute approximate surface area is 172 Å². The van der Waals surface area contributed by atoms with Crippen molar-refractivity contribution in [2.75, 3.05) is 13.1 Å². The first-order valence-electron chi connectivity index (χ1n) is 9.94. The van der Waals surface area contributed by atoms with Crippen molar-refractivity contribution < 1.29 is 9.32 Å². The van der Waals surface area contributed by atoms with Crippen LogP contribution in [0.25, 0.3) is 11.6 Å². The molecule has 3 aromatic rings. The first kappa shape index (κ1) is 18.3. The summed E-state index contributed by atoms with van der Waals surface area (Å²) in [6.07, 6.45) is 6.19. The minimum Gasteiger partial charge on any atom is -0.342 e. The molecule has 1 aliphatic heterocycles. The van der Waals surface area contributed by atoms with Gasteiger partial charge in [0.1, 0.15) is 0 Å². The van der Waals surface area contributed by atoms with Gasteiger partial charge in [0, 0.05) is 24.0 Å². The van der Waals surface area contributed by atoms with Crippen LogP contribution in [0.15, 0.2) is 35.0 Å². The van der Waals surface area contributed by atoms with E-state index in [0.717, 1.165) is 37.1 Å². The maximum atomic E-state index is 12.6. The third-order valence-electron chi connectivity index (χ3n) is 5.57. The van der Waals surface area contributed by atoms with Crippen molar-refractivity contribution in [1.29, 1.82) is 0 Å². The fourth-order valence-electron chi connectivity index (χ4n) is 3.67. The van der Waals surface area contributed by atoms with E-state index in [1.165, 1.54) is 0 Å². The van der Waals surface area contributed by atoms with Crippen LogP contribution < -0.4 is 0 Å². The molecule has 8 nitrogen and oxygen atoms in total. The van der Waals surface area contributed by atoms with Gasteiger partial charge < -0.3 is 9.42 Å². The molecule has 2 fully saturated rings. The first-order valence-corrected chi connectivity index (χ1v) is 10.3. The normalized spacial score (nSPS) is 17.6. The van der Waals surface area contributed by atoms with Gasteiger partial charge in [-0.2, -0.15) is 4.98 Å². The topological polar surface area (TPSA) is 89.9 Å². The predicted molar refractivity (Wildman–Crippen MR) is 105 cm³/mol. The molecule has 0 N–H and O–H groups in total. The molecule has 0 bridgehead atoms. The quantitative estimate of drug-likeness (QED) is 0.638. The Hall–Kier alpha value is -2.74. The Morgan fingerprint density at radius 1 is 1.14 bits per heavy atom. The van der Waals surface area contributed by atoms with Crippen molar-refractivity contribution in [3.63, 3.8) is 0 Å². The number of amides is 1. The molecule has 5 rings (SSSR count). The minimum atomic E-state index is 0.142. The summed E-state index contributed by atoms with van der Waals surface area (Å²) in [6, 6.07) is 7.64. The molecule has 2 aliphatic rings. The zero-order valence-corrected chi connectivity index (χ0v) is 16.6. The third kappa shape index (κ3) is 4.03. The van der Waals surface area contributed by atoms with Crippen LogP contribution in [-0.4, -0.2) is 49.0 Å². The molecule has 1 saturated heterocycles. The van der Waals surface area contributed by atoms with Crippen molar-refractivity contribution in [3.05, 3.63) is 46.9 Å². The molecule has 1 aromatic carbocycles. The zero-order chi connectivity index (χ0) is 19.8. The number of piperidine rings is 1. The monoisotopic (exact) mass is 412 g/mol. The third-order valence-corrected chi connectivity index (χ3v) is 5.83. The average Bonchev–Trinajstić information content (AvgIpc) is 3.27. The lowest BCUT2D eigenvalue weighted by atomic mass is 10.0. The number of rotatable bonds is 5. The molecule has 1 amide bonds. The number of hydrogen-bond donors (Lipinski definition) is 0. The Morgan fingerprint density at radius 2 is 1.90 bits per heavy atom. The highest BCUT2D eigenvalue weighted by Gasteiger charge is 2.30. The van der Waals surface area contributed by atoms with Crippen molar-refractivity contribution in [1.82, 2.24) is 30.0 Å². The fourth-order valence-corrected chi connectivity index (χ4v) is 3.79. The lowest BCUT2D eigenvalue weighted by molar-refractivity contribution is -0.131. The lowest BCUT2D eigenvalue weighted by Gasteiger charge is -2.32. The van der Waals surface area contributed by atoms with Crippen molar-refractivity contribution in [3.8, 4) is 11.6 Å². The Morgan fingerprint density at radius 3 is 2.62 bits per heavy atom. The van der Waals surface area contributed by atoms with E-state index in [0.29, 0.717) is 42.0 Å². The molecule has 0 atom stereocenters. The van der Waals surface area contributed by atoms with E-state index in [2.05, 4.69) is 20.5 Å². The molecule has 1 aliphatic carbocycles. The maximum absolute atomic E-state index is 12.6. The second-order valence-electron chi connectivity index (χ2n) is 7.73. The van der Waals surface area contributed by atoms with Gasteiger partial charge in [0.15, 0.2) is 11.5 Å². The van der Waals surface area contributed by atoms with Gasteiger partial charge in [-0.25, -0.2) is 4.68 Å². The molecule has 150 valence electrons. The highest BCUT2D eigenvalue weighted by Crippen LogP contribution is 2.38. The number of hydrogen-bond acceptors (Lipinski definition) is 6. The van der Waals surface area contributed by atoms with Gasteiger partial charge >= 0.3 is 0 Å². The summed E-state index contributed by atoms with van der Waals surface area (Å²) < 4.78 is 7.19. The van der Waals surface area contributed by atoms with Crippen LogP contribution in [0.3, 0.4) is 0 Å². The highest BCUT2D eigenvalue weighted by molar-refractivity contribution is 6.30. The number of benzene rings is 1. The number of carbonyl (C=O) groups is 1. The smallest absolute Gasteiger partial charge is 0.280 e. The molecule has 0 spiro atoms. The van der Waals surface area contributed by atoms with E-state index in [-0.39, 0.29) is 11.9 Å². The van der Waals surface area contributed by atoms with Gasteiger partial charge in [-0.05, 0) is 43.4 Å². The summed E-state index contributed by atoms with van der Waals surface area (Å²) in [5.41, 5.74) is 1.58.